The van der Waals surface area contributed by atoms with E-state index in [0.29, 0.717) is 11.3 Å². The van der Waals surface area contributed by atoms with Crippen molar-refractivity contribution in [1.82, 2.24) is 9.88 Å². The molecule has 31 heavy (non-hydrogen) atoms. The van der Waals surface area contributed by atoms with E-state index in [0.717, 1.165) is 48.1 Å². The molecule has 4 rings (SSSR count). The van der Waals surface area contributed by atoms with Crippen molar-refractivity contribution < 1.29 is 4.39 Å². The van der Waals surface area contributed by atoms with E-state index in [1.54, 1.807) is 36.2 Å². The summed E-state index contributed by atoms with van der Waals surface area (Å²) in [5.41, 5.74) is 3.24. The SMILES string of the molecule is C/C(=N\N=C(/C)c1ccc(=O)[nH]c1)SCCCN1CCC2(CC2c2ccc(F)cc2)C1. The van der Waals surface area contributed by atoms with Crippen LogP contribution in [0.15, 0.2) is 57.6 Å². The number of thioether (sulfide) groups is 1. The van der Waals surface area contributed by atoms with Crippen LogP contribution in [0.25, 0.3) is 0 Å². The second-order valence-electron chi connectivity index (χ2n) is 8.64. The lowest BCUT2D eigenvalue weighted by Gasteiger charge is -2.16. The normalized spacial score (nSPS) is 24.2. The van der Waals surface area contributed by atoms with Gasteiger partial charge < -0.3 is 9.88 Å². The summed E-state index contributed by atoms with van der Waals surface area (Å²) in [7, 11) is 0. The third-order valence-electron chi connectivity index (χ3n) is 6.40. The van der Waals surface area contributed by atoms with E-state index < -0.39 is 0 Å². The van der Waals surface area contributed by atoms with Crippen LogP contribution in [0.2, 0.25) is 0 Å². The third-order valence-corrected chi connectivity index (χ3v) is 7.39. The van der Waals surface area contributed by atoms with Crippen LogP contribution in [0, 0.1) is 11.2 Å². The number of aromatic amines is 1. The van der Waals surface area contributed by atoms with Crippen molar-refractivity contribution >= 4 is 22.5 Å². The van der Waals surface area contributed by atoms with Crippen molar-refractivity contribution in [2.24, 2.45) is 15.6 Å². The zero-order valence-corrected chi connectivity index (χ0v) is 18.9. The Morgan fingerprint density at radius 2 is 2.03 bits per heavy atom. The van der Waals surface area contributed by atoms with E-state index in [2.05, 4.69) is 20.1 Å². The molecule has 7 heteroatoms. The fourth-order valence-electron chi connectivity index (χ4n) is 4.52. The molecule has 1 saturated heterocycles. The Morgan fingerprint density at radius 1 is 1.23 bits per heavy atom. The molecule has 1 aromatic heterocycles. The molecule has 2 aromatic rings. The Hall–Kier alpha value is -2.25. The van der Waals surface area contributed by atoms with Crippen LogP contribution in [0.4, 0.5) is 4.39 Å². The molecule has 2 aliphatic rings. The molecule has 1 N–H and O–H groups in total. The van der Waals surface area contributed by atoms with Crippen LogP contribution in [0.3, 0.4) is 0 Å². The monoisotopic (exact) mass is 440 g/mol. The highest BCUT2D eigenvalue weighted by atomic mass is 32.2. The minimum Gasteiger partial charge on any atom is -0.328 e. The number of hydrogen-bond donors (Lipinski definition) is 1. The Labute approximate surface area is 186 Å². The molecule has 1 spiro atoms. The molecule has 2 unspecified atom stereocenters. The first-order valence-electron chi connectivity index (χ1n) is 10.8. The summed E-state index contributed by atoms with van der Waals surface area (Å²) in [6.07, 6.45) is 5.27. The molecule has 0 bridgehead atoms. The first-order chi connectivity index (χ1) is 14.9. The van der Waals surface area contributed by atoms with Crippen LogP contribution in [0.1, 0.15) is 50.2 Å². The van der Waals surface area contributed by atoms with E-state index in [1.165, 1.54) is 24.5 Å². The van der Waals surface area contributed by atoms with Crippen molar-refractivity contribution in [2.45, 2.75) is 39.0 Å². The number of rotatable bonds is 7. The predicted molar refractivity (Wildman–Crippen MR) is 127 cm³/mol. The van der Waals surface area contributed by atoms with Crippen LogP contribution in [-0.2, 0) is 0 Å². The number of halogens is 1. The Bertz CT molecular complexity index is 1010. The van der Waals surface area contributed by atoms with E-state index >= 15 is 0 Å². The maximum absolute atomic E-state index is 13.2. The molecule has 1 saturated carbocycles. The van der Waals surface area contributed by atoms with Crippen molar-refractivity contribution in [1.29, 1.82) is 0 Å². The molecule has 2 atom stereocenters. The summed E-state index contributed by atoms with van der Waals surface area (Å²) < 4.78 is 13.2. The summed E-state index contributed by atoms with van der Waals surface area (Å²) in [4.78, 5) is 16.4. The summed E-state index contributed by atoms with van der Waals surface area (Å²) in [6.45, 7) is 7.30. The second kappa shape index (κ2) is 9.49. The third kappa shape index (κ3) is 5.52. The summed E-state index contributed by atoms with van der Waals surface area (Å²) >= 11 is 1.74. The first-order valence-corrected chi connectivity index (χ1v) is 11.8. The Morgan fingerprint density at radius 3 is 2.77 bits per heavy atom. The summed E-state index contributed by atoms with van der Waals surface area (Å²) in [6, 6.07) is 10.3. The number of pyridine rings is 1. The van der Waals surface area contributed by atoms with Gasteiger partial charge in [-0.25, -0.2) is 4.39 Å². The molecule has 2 heterocycles. The minimum atomic E-state index is -0.153. The van der Waals surface area contributed by atoms with E-state index in [4.69, 9.17) is 0 Å². The number of H-pyrrole nitrogens is 1. The molecule has 1 aliphatic heterocycles. The number of nitrogens with one attached hydrogen (secondary N) is 1. The highest BCUT2D eigenvalue weighted by molar-refractivity contribution is 8.13. The lowest BCUT2D eigenvalue weighted by atomic mass is 9.98. The first kappa shape index (κ1) is 22.0. The van der Waals surface area contributed by atoms with Gasteiger partial charge in [0.05, 0.1) is 10.8 Å². The van der Waals surface area contributed by atoms with Gasteiger partial charge in [-0.15, -0.1) is 16.9 Å². The van der Waals surface area contributed by atoms with Gasteiger partial charge >= 0.3 is 0 Å². The van der Waals surface area contributed by atoms with E-state index in [9.17, 15) is 9.18 Å². The van der Waals surface area contributed by atoms with Gasteiger partial charge in [0, 0.05) is 30.1 Å². The molecule has 2 fully saturated rings. The molecule has 5 nitrogen and oxygen atoms in total. The molecule has 1 aromatic carbocycles. The van der Waals surface area contributed by atoms with Crippen molar-refractivity contribution in [2.75, 3.05) is 25.4 Å². The molecular weight excluding hydrogens is 411 g/mol. The average Bonchev–Trinajstić information content (AvgIpc) is 3.31. The highest BCUT2D eigenvalue weighted by Gasteiger charge is 2.57. The zero-order chi connectivity index (χ0) is 21.8. The van der Waals surface area contributed by atoms with E-state index in [-0.39, 0.29) is 11.4 Å². The second-order valence-corrected chi connectivity index (χ2v) is 9.93. The van der Waals surface area contributed by atoms with Crippen LogP contribution in [-0.4, -0.2) is 46.0 Å². The van der Waals surface area contributed by atoms with Gasteiger partial charge in [-0.1, -0.05) is 12.1 Å². The number of nitrogens with zero attached hydrogens (tertiary/aromatic N) is 3. The number of aromatic nitrogens is 1. The largest absolute Gasteiger partial charge is 0.328 e. The number of likely N-dealkylation sites (tertiary alicyclic amines) is 1. The van der Waals surface area contributed by atoms with Crippen molar-refractivity contribution in [3.63, 3.8) is 0 Å². The van der Waals surface area contributed by atoms with Gasteiger partial charge in [0.2, 0.25) is 5.56 Å². The fraction of sp³-hybridized carbons (Fsp3) is 0.458. The van der Waals surface area contributed by atoms with Gasteiger partial charge in [-0.2, -0.15) is 5.10 Å². The minimum absolute atomic E-state index is 0.122. The topological polar surface area (TPSA) is 60.8 Å². The van der Waals surface area contributed by atoms with Gasteiger partial charge in [-0.3, -0.25) is 4.79 Å². The lowest BCUT2D eigenvalue weighted by Crippen LogP contribution is -2.23. The zero-order valence-electron chi connectivity index (χ0n) is 18.1. The van der Waals surface area contributed by atoms with E-state index in [1.807, 2.05) is 26.0 Å². The maximum atomic E-state index is 13.2. The van der Waals surface area contributed by atoms with Gasteiger partial charge in [0.1, 0.15) is 5.82 Å². The predicted octanol–water partition coefficient (Wildman–Crippen LogP) is 4.66. The van der Waals surface area contributed by atoms with Crippen molar-refractivity contribution in [3.05, 3.63) is 69.9 Å². The Balaban J connectivity index is 1.18. The standard InChI is InChI=1S/C24H29FN4OS/c1-17(20-6-9-23(30)26-15-20)27-28-18(2)31-13-3-11-29-12-10-24(16-29)14-22(24)19-4-7-21(25)8-5-19/h4-9,15,22H,3,10-14,16H2,1-2H3,(H,26,30)/b27-17+,28-18+. The lowest BCUT2D eigenvalue weighted by molar-refractivity contribution is 0.319. The molecule has 0 amide bonds. The molecule has 1 aliphatic carbocycles. The Kier molecular flexibility index (Phi) is 6.72. The maximum Gasteiger partial charge on any atom is 0.247 e. The smallest absolute Gasteiger partial charge is 0.247 e. The highest BCUT2D eigenvalue weighted by Crippen LogP contribution is 2.64. The van der Waals surface area contributed by atoms with Gasteiger partial charge in [0.25, 0.3) is 0 Å². The molecular formula is C24H29FN4OS. The molecule has 0 radical (unpaired) electrons. The quantitative estimate of drug-likeness (QED) is 0.295. The van der Waals surface area contributed by atoms with Crippen LogP contribution < -0.4 is 5.56 Å². The summed E-state index contributed by atoms with van der Waals surface area (Å²) in [5.74, 6) is 1.47. The number of hydrogen-bond acceptors (Lipinski definition) is 5. The van der Waals surface area contributed by atoms with Gasteiger partial charge in [0.15, 0.2) is 0 Å². The van der Waals surface area contributed by atoms with Crippen LogP contribution in [0.5, 0.6) is 0 Å². The average molecular weight is 441 g/mol. The summed E-state index contributed by atoms with van der Waals surface area (Å²) in [5, 5.41) is 9.53. The fourth-order valence-corrected chi connectivity index (χ4v) is 5.18. The number of benzene rings is 1. The van der Waals surface area contributed by atoms with Gasteiger partial charge in [-0.05, 0) is 81.3 Å². The molecule has 164 valence electrons. The van der Waals surface area contributed by atoms with Crippen LogP contribution >= 0.6 is 11.8 Å². The van der Waals surface area contributed by atoms with Crippen molar-refractivity contribution in [3.8, 4) is 0 Å².